The van der Waals surface area contributed by atoms with Crippen LogP contribution in [0.15, 0.2) is 30.3 Å². The second-order valence-electron chi connectivity index (χ2n) is 14.7. The molecule has 0 heterocycles. The molecule has 47 heavy (non-hydrogen) atoms. The summed E-state index contributed by atoms with van der Waals surface area (Å²) in [5.41, 5.74) is 1.17. The van der Waals surface area contributed by atoms with E-state index in [2.05, 4.69) is 38.1 Å². The highest BCUT2D eigenvalue weighted by Gasteiger charge is 2.20. The molecule has 0 radical (unpaired) electrons. The molecule has 0 aliphatic carbocycles. The number of hydrogen-bond acceptors (Lipinski definition) is 3. The first-order valence-electron chi connectivity index (χ1n) is 21.1. The van der Waals surface area contributed by atoms with E-state index in [0.717, 1.165) is 24.9 Å². The fourth-order valence-electron chi connectivity index (χ4n) is 7.34. The summed E-state index contributed by atoms with van der Waals surface area (Å²) in [5.74, 6) is 1.84. The van der Waals surface area contributed by atoms with E-state index in [-0.39, 0.29) is 0 Å². The predicted octanol–water partition coefficient (Wildman–Crippen LogP) is 14.8. The molecule has 2 atom stereocenters. The second kappa shape index (κ2) is 36.4. The molecule has 0 aliphatic rings. The van der Waals surface area contributed by atoms with Gasteiger partial charge in [0.05, 0.1) is 6.61 Å². The van der Waals surface area contributed by atoms with Crippen LogP contribution in [0.4, 0.5) is 0 Å². The molecule has 0 amide bonds. The largest absolute Gasteiger partial charge is 0.385 e. The fourth-order valence-corrected chi connectivity index (χ4v) is 7.34. The van der Waals surface area contributed by atoms with Gasteiger partial charge < -0.3 is 4.74 Å². The molecule has 276 valence electrons. The Hall–Kier alpha value is -0.900. The fraction of sp³-hybridized carbons (Fsp3) is 0.864. The van der Waals surface area contributed by atoms with Crippen molar-refractivity contribution in [2.75, 3.05) is 20.3 Å². The molecule has 3 nitrogen and oxygen atoms in total. The molecule has 0 N–H and O–H groups in total. The molecule has 0 spiro atoms. The standard InChI is InChI=1S/C44H82O3/c1-4-6-8-10-12-14-15-17-20-28-36-44(38-30-24-32-40-46-47-41-42-33-25-23-26-34-42)43(37-29-21-18-22-31-39-45-3)35-27-19-16-13-11-9-7-5-2/h23,25-26,33-34,43-44H,4-22,24,27-32,35-41H2,1-3H3. The van der Waals surface area contributed by atoms with Gasteiger partial charge in [-0.1, -0.05) is 224 Å². The van der Waals surface area contributed by atoms with Crippen molar-refractivity contribution in [1.29, 1.82) is 0 Å². The van der Waals surface area contributed by atoms with Crippen molar-refractivity contribution in [3.8, 4) is 0 Å². The topological polar surface area (TPSA) is 27.7 Å². The van der Waals surface area contributed by atoms with Gasteiger partial charge in [0.15, 0.2) is 0 Å². The molecule has 0 saturated heterocycles. The molecule has 0 bridgehead atoms. The molecule has 0 fully saturated rings. The minimum atomic E-state index is 0.536. The summed E-state index contributed by atoms with van der Waals surface area (Å²) < 4.78 is 5.28. The molecule has 1 aromatic carbocycles. The molecule has 0 aliphatic heterocycles. The van der Waals surface area contributed by atoms with Gasteiger partial charge in [0.2, 0.25) is 0 Å². The third-order valence-electron chi connectivity index (χ3n) is 10.4. The zero-order valence-corrected chi connectivity index (χ0v) is 32.1. The Morgan fingerprint density at radius 2 is 0.766 bits per heavy atom. The van der Waals surface area contributed by atoms with Crippen LogP contribution in [-0.4, -0.2) is 20.3 Å². The van der Waals surface area contributed by atoms with E-state index in [0.29, 0.717) is 13.2 Å². The van der Waals surface area contributed by atoms with E-state index < -0.39 is 0 Å². The van der Waals surface area contributed by atoms with Gasteiger partial charge in [-0.05, 0) is 30.2 Å². The van der Waals surface area contributed by atoms with Crippen LogP contribution in [0.1, 0.15) is 212 Å². The van der Waals surface area contributed by atoms with Gasteiger partial charge in [0, 0.05) is 13.7 Å². The number of benzene rings is 1. The Morgan fingerprint density at radius 1 is 0.404 bits per heavy atom. The highest BCUT2D eigenvalue weighted by Crippen LogP contribution is 2.33. The summed E-state index contributed by atoms with van der Waals surface area (Å²) in [6, 6.07) is 10.3. The van der Waals surface area contributed by atoms with E-state index in [4.69, 9.17) is 14.5 Å². The zero-order valence-electron chi connectivity index (χ0n) is 32.1. The number of methoxy groups -OCH3 is 1. The first-order chi connectivity index (χ1) is 23.3. The molecule has 0 aromatic heterocycles. The number of rotatable bonds is 38. The number of hydrogen-bond donors (Lipinski definition) is 0. The van der Waals surface area contributed by atoms with E-state index in [9.17, 15) is 0 Å². The third-order valence-corrected chi connectivity index (χ3v) is 10.4. The summed E-state index contributed by atoms with van der Waals surface area (Å²) in [6.07, 6.45) is 42.1. The lowest BCUT2D eigenvalue weighted by Crippen LogP contribution is -2.16. The SMILES string of the molecule is CCCCCCCCCCCCC(CCCCCOOCc1ccccc1)C(CCCCCCCCCC)CCCCCCCOC. The number of ether oxygens (including phenoxy) is 1. The lowest BCUT2D eigenvalue weighted by molar-refractivity contribution is -0.304. The predicted molar refractivity (Wildman–Crippen MR) is 206 cm³/mol. The van der Waals surface area contributed by atoms with Crippen molar-refractivity contribution >= 4 is 0 Å². The Morgan fingerprint density at radius 3 is 1.19 bits per heavy atom. The number of unbranched alkanes of at least 4 members (excludes halogenated alkanes) is 22. The molecule has 2 unspecified atom stereocenters. The van der Waals surface area contributed by atoms with E-state index in [1.807, 2.05) is 13.2 Å². The van der Waals surface area contributed by atoms with E-state index in [1.165, 1.54) is 192 Å². The van der Waals surface area contributed by atoms with Gasteiger partial charge in [-0.25, -0.2) is 9.78 Å². The van der Waals surface area contributed by atoms with Crippen LogP contribution in [0.2, 0.25) is 0 Å². The molecule has 3 heteroatoms. The average Bonchev–Trinajstić information content (AvgIpc) is 3.09. The van der Waals surface area contributed by atoms with Crippen LogP contribution in [0.3, 0.4) is 0 Å². The molecule has 0 saturated carbocycles. The van der Waals surface area contributed by atoms with Crippen molar-refractivity contribution in [1.82, 2.24) is 0 Å². The van der Waals surface area contributed by atoms with E-state index in [1.54, 1.807) is 0 Å². The van der Waals surface area contributed by atoms with Crippen LogP contribution in [0.5, 0.6) is 0 Å². The third kappa shape index (κ3) is 29.7. The van der Waals surface area contributed by atoms with Crippen molar-refractivity contribution in [2.45, 2.75) is 213 Å². The highest BCUT2D eigenvalue weighted by molar-refractivity contribution is 5.13. The van der Waals surface area contributed by atoms with Crippen LogP contribution >= 0.6 is 0 Å². The summed E-state index contributed by atoms with van der Waals surface area (Å²) in [6.45, 7) is 6.80. The van der Waals surface area contributed by atoms with Crippen molar-refractivity contribution < 1.29 is 14.5 Å². The summed E-state index contributed by atoms with van der Waals surface area (Å²) in [5, 5.41) is 0. The lowest BCUT2D eigenvalue weighted by atomic mass is 9.78. The maximum absolute atomic E-state index is 5.53. The molecular formula is C44H82O3. The van der Waals surface area contributed by atoms with Crippen LogP contribution < -0.4 is 0 Å². The molecule has 1 aromatic rings. The summed E-state index contributed by atoms with van der Waals surface area (Å²) >= 11 is 0. The van der Waals surface area contributed by atoms with Crippen molar-refractivity contribution in [2.24, 2.45) is 11.8 Å². The second-order valence-corrected chi connectivity index (χ2v) is 14.7. The molecular weight excluding hydrogens is 576 g/mol. The first-order valence-corrected chi connectivity index (χ1v) is 21.1. The van der Waals surface area contributed by atoms with E-state index >= 15 is 0 Å². The minimum absolute atomic E-state index is 0.536. The Bertz CT molecular complexity index is 707. The summed E-state index contributed by atoms with van der Waals surface area (Å²) in [4.78, 5) is 11.0. The Labute approximate surface area is 295 Å². The van der Waals surface area contributed by atoms with Gasteiger partial charge in [-0.15, -0.1) is 0 Å². The average molecular weight is 659 g/mol. The van der Waals surface area contributed by atoms with Gasteiger partial charge in [0.1, 0.15) is 6.61 Å². The van der Waals surface area contributed by atoms with Gasteiger partial charge in [-0.3, -0.25) is 0 Å². The summed E-state index contributed by atoms with van der Waals surface area (Å²) in [7, 11) is 1.83. The van der Waals surface area contributed by atoms with Crippen LogP contribution in [0, 0.1) is 11.8 Å². The van der Waals surface area contributed by atoms with Gasteiger partial charge in [0.25, 0.3) is 0 Å². The lowest BCUT2D eigenvalue weighted by Gasteiger charge is -2.28. The van der Waals surface area contributed by atoms with Crippen LogP contribution in [0.25, 0.3) is 0 Å². The quantitative estimate of drug-likeness (QED) is 0.0402. The van der Waals surface area contributed by atoms with Crippen molar-refractivity contribution in [3.05, 3.63) is 35.9 Å². The monoisotopic (exact) mass is 659 g/mol. The van der Waals surface area contributed by atoms with Crippen molar-refractivity contribution in [3.63, 3.8) is 0 Å². The maximum Gasteiger partial charge on any atom is 0.107 e. The highest BCUT2D eigenvalue weighted by atomic mass is 17.2. The molecule has 1 rings (SSSR count). The normalized spacial score (nSPS) is 12.9. The Balaban J connectivity index is 2.52. The first kappa shape index (κ1) is 44.1. The smallest absolute Gasteiger partial charge is 0.107 e. The van der Waals surface area contributed by atoms with Gasteiger partial charge >= 0.3 is 0 Å². The minimum Gasteiger partial charge on any atom is -0.385 e. The maximum atomic E-state index is 5.53. The Kier molecular flexibility index (Phi) is 34.2. The van der Waals surface area contributed by atoms with Gasteiger partial charge in [-0.2, -0.15) is 0 Å². The van der Waals surface area contributed by atoms with Crippen LogP contribution in [-0.2, 0) is 21.1 Å². The zero-order chi connectivity index (χ0) is 33.7.